The van der Waals surface area contributed by atoms with Crippen molar-refractivity contribution in [3.05, 3.63) is 24.7 Å². The SMILES string of the molecule is CCCC1(C(=O)O)CCN(c2nccn3nccc23)CC1. The van der Waals surface area contributed by atoms with Crippen molar-refractivity contribution >= 4 is 17.3 Å². The number of carboxylic acid groups (broad SMARTS) is 1. The molecule has 0 spiro atoms. The lowest BCUT2D eigenvalue weighted by molar-refractivity contribution is -0.150. The van der Waals surface area contributed by atoms with Crippen molar-refractivity contribution in [2.75, 3.05) is 18.0 Å². The lowest BCUT2D eigenvalue weighted by Gasteiger charge is -2.39. The molecular formula is C15H20N4O2. The maximum absolute atomic E-state index is 11.6. The molecule has 0 saturated carbocycles. The fourth-order valence-electron chi connectivity index (χ4n) is 3.28. The van der Waals surface area contributed by atoms with E-state index in [1.54, 1.807) is 16.9 Å². The van der Waals surface area contributed by atoms with Crippen LogP contribution in [0.15, 0.2) is 24.7 Å². The monoisotopic (exact) mass is 288 g/mol. The molecular weight excluding hydrogens is 268 g/mol. The molecule has 0 aromatic carbocycles. The molecule has 2 aromatic rings. The lowest BCUT2D eigenvalue weighted by atomic mass is 9.75. The molecule has 0 unspecified atom stereocenters. The molecule has 0 atom stereocenters. The first-order chi connectivity index (χ1) is 10.2. The van der Waals surface area contributed by atoms with E-state index >= 15 is 0 Å². The molecule has 0 bridgehead atoms. The minimum atomic E-state index is -0.653. The Labute approximate surface area is 123 Å². The van der Waals surface area contributed by atoms with E-state index in [0.717, 1.165) is 37.3 Å². The highest BCUT2D eigenvalue weighted by molar-refractivity contribution is 5.75. The van der Waals surface area contributed by atoms with Crippen molar-refractivity contribution < 1.29 is 9.90 Å². The largest absolute Gasteiger partial charge is 0.481 e. The summed E-state index contributed by atoms with van der Waals surface area (Å²) >= 11 is 0. The summed E-state index contributed by atoms with van der Waals surface area (Å²) in [5.74, 6) is 0.241. The van der Waals surface area contributed by atoms with E-state index in [9.17, 15) is 9.90 Å². The number of fused-ring (bicyclic) bond motifs is 1. The summed E-state index contributed by atoms with van der Waals surface area (Å²) in [7, 11) is 0. The van der Waals surface area contributed by atoms with E-state index < -0.39 is 11.4 Å². The molecule has 0 radical (unpaired) electrons. The predicted octanol–water partition coefficient (Wildman–Crippen LogP) is 2.20. The summed E-state index contributed by atoms with van der Waals surface area (Å²) in [6.07, 6.45) is 8.31. The number of rotatable bonds is 4. The van der Waals surface area contributed by atoms with Crippen LogP contribution < -0.4 is 4.90 Å². The Balaban J connectivity index is 1.82. The molecule has 0 amide bonds. The van der Waals surface area contributed by atoms with Gasteiger partial charge in [-0.25, -0.2) is 9.50 Å². The van der Waals surface area contributed by atoms with E-state index in [1.807, 2.05) is 19.2 Å². The van der Waals surface area contributed by atoms with Crippen LogP contribution in [0.1, 0.15) is 32.6 Å². The van der Waals surface area contributed by atoms with E-state index in [0.29, 0.717) is 12.8 Å². The van der Waals surface area contributed by atoms with Crippen LogP contribution in [-0.4, -0.2) is 38.8 Å². The molecule has 1 aliphatic rings. The molecule has 0 aliphatic carbocycles. The lowest BCUT2D eigenvalue weighted by Crippen LogP contribution is -2.44. The van der Waals surface area contributed by atoms with E-state index in [-0.39, 0.29) is 0 Å². The highest BCUT2D eigenvalue weighted by Crippen LogP contribution is 2.38. The average molecular weight is 288 g/mol. The fourth-order valence-corrected chi connectivity index (χ4v) is 3.28. The zero-order valence-electron chi connectivity index (χ0n) is 12.2. The third-order valence-corrected chi connectivity index (χ3v) is 4.51. The normalized spacial score (nSPS) is 18.0. The van der Waals surface area contributed by atoms with Crippen LogP contribution in [0.3, 0.4) is 0 Å². The molecule has 21 heavy (non-hydrogen) atoms. The van der Waals surface area contributed by atoms with Gasteiger partial charge in [0.2, 0.25) is 0 Å². The van der Waals surface area contributed by atoms with Gasteiger partial charge in [0, 0.05) is 25.5 Å². The summed E-state index contributed by atoms with van der Waals surface area (Å²) in [4.78, 5) is 18.3. The number of piperidine rings is 1. The molecule has 1 N–H and O–H groups in total. The van der Waals surface area contributed by atoms with E-state index in [2.05, 4.69) is 15.0 Å². The molecule has 3 rings (SSSR count). The standard InChI is InChI=1S/C15H20N4O2/c1-2-4-15(14(20)21)5-9-18(10-6-15)13-12-3-7-17-19(12)11-8-16-13/h3,7-8,11H,2,4-6,9-10H2,1H3,(H,20,21). The van der Waals surface area contributed by atoms with Crippen LogP contribution in [0, 0.1) is 5.41 Å². The Morgan fingerprint density at radius 3 is 2.81 bits per heavy atom. The van der Waals surface area contributed by atoms with E-state index in [1.165, 1.54) is 0 Å². The van der Waals surface area contributed by atoms with Crippen molar-refractivity contribution in [1.29, 1.82) is 0 Å². The first-order valence-corrected chi connectivity index (χ1v) is 7.43. The van der Waals surface area contributed by atoms with Gasteiger partial charge >= 0.3 is 5.97 Å². The summed E-state index contributed by atoms with van der Waals surface area (Å²) in [5, 5.41) is 13.8. The molecule has 2 aromatic heterocycles. The van der Waals surface area contributed by atoms with Gasteiger partial charge in [0.1, 0.15) is 5.52 Å². The van der Waals surface area contributed by atoms with Crippen LogP contribution in [0.5, 0.6) is 0 Å². The second-order valence-electron chi connectivity index (χ2n) is 5.73. The quantitative estimate of drug-likeness (QED) is 0.934. The van der Waals surface area contributed by atoms with Gasteiger partial charge in [-0.15, -0.1) is 0 Å². The number of carbonyl (C=O) groups is 1. The Kier molecular flexibility index (Phi) is 3.53. The molecule has 1 saturated heterocycles. The zero-order valence-corrected chi connectivity index (χ0v) is 12.2. The van der Waals surface area contributed by atoms with Gasteiger partial charge in [0.15, 0.2) is 5.82 Å². The third kappa shape index (κ3) is 2.34. The fraction of sp³-hybridized carbons (Fsp3) is 0.533. The van der Waals surface area contributed by atoms with Gasteiger partial charge in [-0.2, -0.15) is 5.10 Å². The first-order valence-electron chi connectivity index (χ1n) is 7.43. The molecule has 6 heteroatoms. The molecule has 1 aliphatic heterocycles. The van der Waals surface area contributed by atoms with Crippen molar-refractivity contribution in [2.45, 2.75) is 32.6 Å². The van der Waals surface area contributed by atoms with E-state index in [4.69, 9.17) is 0 Å². The Morgan fingerprint density at radius 2 is 2.14 bits per heavy atom. The molecule has 112 valence electrons. The number of hydrogen-bond donors (Lipinski definition) is 1. The highest BCUT2D eigenvalue weighted by atomic mass is 16.4. The second-order valence-corrected chi connectivity index (χ2v) is 5.73. The van der Waals surface area contributed by atoms with Crippen molar-refractivity contribution in [3.8, 4) is 0 Å². The van der Waals surface area contributed by atoms with Gasteiger partial charge < -0.3 is 10.0 Å². The Bertz CT molecular complexity index is 644. The third-order valence-electron chi connectivity index (χ3n) is 4.51. The van der Waals surface area contributed by atoms with Crippen molar-refractivity contribution in [2.24, 2.45) is 5.41 Å². The van der Waals surface area contributed by atoms with Crippen molar-refractivity contribution in [1.82, 2.24) is 14.6 Å². The maximum Gasteiger partial charge on any atom is 0.309 e. The van der Waals surface area contributed by atoms with Crippen LogP contribution in [-0.2, 0) is 4.79 Å². The van der Waals surface area contributed by atoms with Crippen molar-refractivity contribution in [3.63, 3.8) is 0 Å². The number of aromatic nitrogens is 3. The van der Waals surface area contributed by atoms with Gasteiger partial charge in [0.05, 0.1) is 11.6 Å². The molecule has 6 nitrogen and oxygen atoms in total. The summed E-state index contributed by atoms with van der Waals surface area (Å²) in [6, 6.07) is 1.94. The van der Waals surface area contributed by atoms with Crippen LogP contribution in [0.25, 0.3) is 5.52 Å². The van der Waals surface area contributed by atoms with Crippen LogP contribution in [0.4, 0.5) is 5.82 Å². The first kappa shape index (κ1) is 13.9. The summed E-state index contributed by atoms with van der Waals surface area (Å²) < 4.78 is 1.80. The number of hydrogen-bond acceptors (Lipinski definition) is 4. The van der Waals surface area contributed by atoms with Crippen LogP contribution >= 0.6 is 0 Å². The molecule has 3 heterocycles. The average Bonchev–Trinajstić information content (AvgIpc) is 2.96. The minimum absolute atomic E-state index is 0.559. The summed E-state index contributed by atoms with van der Waals surface area (Å²) in [5.41, 5.74) is 0.409. The van der Waals surface area contributed by atoms with Gasteiger partial charge in [-0.05, 0) is 25.3 Å². The molecule has 1 fully saturated rings. The number of nitrogens with zero attached hydrogens (tertiary/aromatic N) is 4. The van der Waals surface area contributed by atoms with Gasteiger partial charge in [-0.1, -0.05) is 13.3 Å². The number of carboxylic acids is 1. The number of aliphatic carboxylic acids is 1. The maximum atomic E-state index is 11.6. The van der Waals surface area contributed by atoms with Gasteiger partial charge in [0.25, 0.3) is 0 Å². The Morgan fingerprint density at radius 1 is 1.38 bits per heavy atom. The van der Waals surface area contributed by atoms with Crippen LogP contribution in [0.2, 0.25) is 0 Å². The summed E-state index contributed by atoms with van der Waals surface area (Å²) in [6.45, 7) is 3.50. The van der Waals surface area contributed by atoms with Gasteiger partial charge in [-0.3, -0.25) is 4.79 Å². The zero-order chi connectivity index (χ0) is 14.9. The highest BCUT2D eigenvalue weighted by Gasteiger charge is 2.41. The topological polar surface area (TPSA) is 70.7 Å². The Hall–Kier alpha value is -2.11. The smallest absolute Gasteiger partial charge is 0.309 e. The predicted molar refractivity (Wildman–Crippen MR) is 79.4 cm³/mol. The second kappa shape index (κ2) is 5.35. The minimum Gasteiger partial charge on any atom is -0.481 e. The number of anilines is 1.